The number of piperidine rings is 1. The van der Waals surface area contributed by atoms with Crippen LogP contribution < -0.4 is 0 Å². The Kier molecular flexibility index (Phi) is 7.26. The highest BCUT2D eigenvalue weighted by atomic mass is 35.5. The normalized spacial score (nSPS) is 25.0. The van der Waals surface area contributed by atoms with Gasteiger partial charge in [0.25, 0.3) is 0 Å². The molecule has 1 saturated heterocycles. The Bertz CT molecular complexity index is 897. The molecule has 1 saturated carbocycles. The van der Waals surface area contributed by atoms with Crippen molar-refractivity contribution in [2.75, 3.05) is 13.2 Å². The van der Waals surface area contributed by atoms with E-state index in [0.717, 1.165) is 30.0 Å². The van der Waals surface area contributed by atoms with E-state index in [9.17, 15) is 4.79 Å². The summed E-state index contributed by atoms with van der Waals surface area (Å²) in [5, 5.41) is 1.42. The smallest absolute Gasteiger partial charge is 0.226 e. The van der Waals surface area contributed by atoms with E-state index in [-0.39, 0.29) is 29.8 Å². The minimum absolute atomic E-state index is 0.0383. The van der Waals surface area contributed by atoms with E-state index in [1.807, 2.05) is 37.3 Å². The first kappa shape index (κ1) is 22.6. The third-order valence-electron chi connectivity index (χ3n) is 6.68. The van der Waals surface area contributed by atoms with Gasteiger partial charge in [0.15, 0.2) is 0 Å². The van der Waals surface area contributed by atoms with E-state index in [1.54, 1.807) is 0 Å². The zero-order valence-electron chi connectivity index (χ0n) is 18.3. The van der Waals surface area contributed by atoms with Crippen molar-refractivity contribution in [1.82, 2.24) is 4.90 Å². The Labute approximate surface area is 195 Å². The molecule has 0 aromatic heterocycles. The van der Waals surface area contributed by atoms with E-state index in [1.165, 1.54) is 18.4 Å². The van der Waals surface area contributed by atoms with Gasteiger partial charge in [-0.15, -0.1) is 0 Å². The topological polar surface area (TPSA) is 29.5 Å². The molecule has 4 unspecified atom stereocenters. The number of hydrogen-bond acceptors (Lipinski definition) is 2. The average molecular weight is 460 g/mol. The maximum atomic E-state index is 13.5. The van der Waals surface area contributed by atoms with Crippen LogP contribution in [0.25, 0.3) is 0 Å². The maximum Gasteiger partial charge on any atom is 0.226 e. The molecule has 0 spiro atoms. The molecular formula is C26H31Cl2NO2. The number of likely N-dealkylation sites (tertiary alicyclic amines) is 1. The zero-order valence-corrected chi connectivity index (χ0v) is 19.8. The number of amides is 1. The average Bonchev–Trinajstić information content (AvgIpc) is 3.58. The lowest BCUT2D eigenvalue weighted by molar-refractivity contribution is -0.148. The van der Waals surface area contributed by atoms with Crippen LogP contribution >= 0.6 is 23.2 Å². The number of rotatable bonds is 8. The van der Waals surface area contributed by atoms with Crippen molar-refractivity contribution in [1.29, 1.82) is 0 Å². The minimum atomic E-state index is -0.0751. The van der Waals surface area contributed by atoms with Crippen LogP contribution in [0.15, 0.2) is 48.5 Å². The van der Waals surface area contributed by atoms with Crippen molar-refractivity contribution in [3.63, 3.8) is 0 Å². The fourth-order valence-corrected chi connectivity index (χ4v) is 5.09. The molecule has 2 aromatic rings. The molecular weight excluding hydrogens is 429 g/mol. The van der Waals surface area contributed by atoms with Crippen molar-refractivity contribution in [3.05, 3.63) is 69.7 Å². The van der Waals surface area contributed by atoms with Crippen LogP contribution in [0.5, 0.6) is 0 Å². The molecule has 0 radical (unpaired) electrons. The number of benzene rings is 2. The summed E-state index contributed by atoms with van der Waals surface area (Å²) < 4.78 is 6.07. The van der Waals surface area contributed by atoms with Gasteiger partial charge in [0.2, 0.25) is 5.91 Å². The van der Waals surface area contributed by atoms with Crippen molar-refractivity contribution in [2.45, 2.75) is 57.5 Å². The first-order valence-corrected chi connectivity index (χ1v) is 12.1. The molecule has 5 heteroatoms. The first-order chi connectivity index (χ1) is 15.0. The number of carbonyl (C=O) groups is 1. The molecule has 1 aliphatic carbocycles. The SMILES string of the molecule is CCC(COCC1CC1)N1C(=O)C(C)CC(c2cccc(Cl)c2)C1c1ccc(Cl)cc1. The van der Waals surface area contributed by atoms with Crippen LogP contribution in [0.1, 0.15) is 62.6 Å². The second-order valence-electron chi connectivity index (χ2n) is 9.08. The second kappa shape index (κ2) is 9.94. The molecule has 3 nitrogen and oxygen atoms in total. The number of carbonyl (C=O) groups excluding carboxylic acids is 1. The Morgan fingerprint density at radius 1 is 1.06 bits per heavy atom. The lowest BCUT2D eigenvalue weighted by atomic mass is 9.75. The molecule has 2 fully saturated rings. The van der Waals surface area contributed by atoms with E-state index >= 15 is 0 Å². The molecule has 1 heterocycles. The summed E-state index contributed by atoms with van der Waals surface area (Å²) >= 11 is 12.5. The molecule has 4 atom stereocenters. The number of halogens is 2. The van der Waals surface area contributed by atoms with Crippen LogP contribution in [-0.2, 0) is 9.53 Å². The van der Waals surface area contributed by atoms with Gasteiger partial charge < -0.3 is 9.64 Å². The Morgan fingerprint density at radius 2 is 1.81 bits per heavy atom. The summed E-state index contributed by atoms with van der Waals surface area (Å²) in [7, 11) is 0. The van der Waals surface area contributed by atoms with Gasteiger partial charge >= 0.3 is 0 Å². The predicted molar refractivity (Wildman–Crippen MR) is 127 cm³/mol. The summed E-state index contributed by atoms with van der Waals surface area (Å²) in [6.07, 6.45) is 4.18. The van der Waals surface area contributed by atoms with Crippen LogP contribution in [0.4, 0.5) is 0 Å². The lowest BCUT2D eigenvalue weighted by Crippen LogP contribution is -2.52. The van der Waals surface area contributed by atoms with E-state index < -0.39 is 0 Å². The van der Waals surface area contributed by atoms with Crippen LogP contribution in [-0.4, -0.2) is 30.1 Å². The fraction of sp³-hybridized carbons (Fsp3) is 0.500. The van der Waals surface area contributed by atoms with Gasteiger partial charge in [0, 0.05) is 28.5 Å². The van der Waals surface area contributed by atoms with Gasteiger partial charge in [0.05, 0.1) is 18.7 Å². The van der Waals surface area contributed by atoms with Gasteiger partial charge in [-0.3, -0.25) is 4.79 Å². The molecule has 31 heavy (non-hydrogen) atoms. The molecule has 2 aliphatic rings. The Balaban J connectivity index is 1.71. The third-order valence-corrected chi connectivity index (χ3v) is 7.17. The standard InChI is InChI=1S/C26H31Cl2NO2/c1-3-23(16-31-15-18-7-8-18)29-25(19-9-11-21(27)12-10-19)24(13-17(2)26(29)30)20-5-4-6-22(28)14-20/h4-6,9-12,14,17-18,23-25H,3,7-8,13,15-16H2,1-2H3. The summed E-state index contributed by atoms with van der Waals surface area (Å²) in [6.45, 7) is 5.57. The van der Waals surface area contributed by atoms with Crippen molar-refractivity contribution in [3.8, 4) is 0 Å². The van der Waals surface area contributed by atoms with Gasteiger partial charge in [-0.2, -0.15) is 0 Å². The first-order valence-electron chi connectivity index (χ1n) is 11.4. The summed E-state index contributed by atoms with van der Waals surface area (Å²) in [6, 6.07) is 16.0. The Morgan fingerprint density at radius 3 is 2.45 bits per heavy atom. The fourth-order valence-electron chi connectivity index (χ4n) is 4.76. The van der Waals surface area contributed by atoms with Crippen LogP contribution in [0.3, 0.4) is 0 Å². The number of hydrogen-bond donors (Lipinski definition) is 0. The molecule has 166 valence electrons. The van der Waals surface area contributed by atoms with Crippen LogP contribution in [0, 0.1) is 11.8 Å². The molecule has 0 N–H and O–H groups in total. The molecule has 1 amide bonds. The number of nitrogens with zero attached hydrogens (tertiary/aromatic N) is 1. The summed E-state index contributed by atoms with van der Waals surface area (Å²) in [5.74, 6) is 1.02. The number of ether oxygens (including phenoxy) is 1. The zero-order chi connectivity index (χ0) is 22.0. The van der Waals surface area contributed by atoms with Crippen molar-refractivity contribution in [2.24, 2.45) is 11.8 Å². The molecule has 4 rings (SSSR count). The van der Waals surface area contributed by atoms with Gasteiger partial charge in [-0.25, -0.2) is 0 Å². The van der Waals surface area contributed by atoms with E-state index in [0.29, 0.717) is 17.5 Å². The predicted octanol–water partition coefficient (Wildman–Crippen LogP) is 6.89. The van der Waals surface area contributed by atoms with Crippen molar-refractivity contribution >= 4 is 29.1 Å². The van der Waals surface area contributed by atoms with Gasteiger partial charge in [-0.1, -0.05) is 61.3 Å². The monoisotopic (exact) mass is 459 g/mol. The highest BCUT2D eigenvalue weighted by Gasteiger charge is 2.44. The second-order valence-corrected chi connectivity index (χ2v) is 9.96. The highest BCUT2D eigenvalue weighted by Crippen LogP contribution is 2.46. The van der Waals surface area contributed by atoms with E-state index in [4.69, 9.17) is 27.9 Å². The summed E-state index contributed by atoms with van der Waals surface area (Å²) in [4.78, 5) is 15.7. The summed E-state index contributed by atoms with van der Waals surface area (Å²) in [5.41, 5.74) is 2.28. The largest absolute Gasteiger partial charge is 0.379 e. The molecule has 2 aromatic carbocycles. The minimum Gasteiger partial charge on any atom is -0.379 e. The van der Waals surface area contributed by atoms with Crippen LogP contribution in [0.2, 0.25) is 10.0 Å². The quantitative estimate of drug-likeness (QED) is 0.429. The lowest BCUT2D eigenvalue weighted by Gasteiger charge is -2.48. The molecule has 1 aliphatic heterocycles. The Hall–Kier alpha value is -1.55. The maximum absolute atomic E-state index is 13.5. The third kappa shape index (κ3) is 5.27. The van der Waals surface area contributed by atoms with Crippen molar-refractivity contribution < 1.29 is 9.53 Å². The molecule has 0 bridgehead atoms. The van der Waals surface area contributed by atoms with E-state index in [2.05, 4.69) is 30.0 Å². The van der Waals surface area contributed by atoms with Gasteiger partial charge in [0.1, 0.15) is 0 Å². The highest BCUT2D eigenvalue weighted by molar-refractivity contribution is 6.30. The van der Waals surface area contributed by atoms with Gasteiger partial charge in [-0.05, 0) is 67.0 Å².